The van der Waals surface area contributed by atoms with Gasteiger partial charge in [-0.1, -0.05) is 30.3 Å². The number of carbonyl (C=O) groups excluding carboxylic acids is 1. The Morgan fingerprint density at radius 3 is 2.59 bits per heavy atom. The van der Waals surface area contributed by atoms with E-state index >= 15 is 0 Å². The molecule has 1 aliphatic rings. The van der Waals surface area contributed by atoms with E-state index in [4.69, 9.17) is 4.74 Å². The summed E-state index contributed by atoms with van der Waals surface area (Å²) in [6, 6.07) is 14.0. The van der Waals surface area contributed by atoms with Crippen LogP contribution in [-0.2, 0) is 16.1 Å². The Labute approximate surface area is 159 Å². The average molecular weight is 371 g/mol. The fourth-order valence-corrected chi connectivity index (χ4v) is 3.16. The number of nitrogens with one attached hydrogen (secondary N) is 1. The van der Waals surface area contributed by atoms with Crippen LogP contribution < -0.4 is 10.2 Å². The number of benzene rings is 2. The number of ether oxygens (including phenoxy) is 1. The first-order valence-corrected chi connectivity index (χ1v) is 9.22. The number of rotatable bonds is 6. The number of hydrogen-bond acceptors (Lipinski definition) is 4. The molecule has 0 saturated carbocycles. The summed E-state index contributed by atoms with van der Waals surface area (Å²) in [4.78, 5) is 16.8. The first kappa shape index (κ1) is 19.3. The predicted octanol–water partition coefficient (Wildman–Crippen LogP) is 3.12. The Balaban J connectivity index is 1.67. The second kappa shape index (κ2) is 8.97. The molecule has 1 atom stereocenters. The number of amides is 1. The predicted molar refractivity (Wildman–Crippen MR) is 105 cm³/mol. The van der Waals surface area contributed by atoms with Crippen molar-refractivity contribution in [2.24, 2.45) is 0 Å². The molecule has 0 aromatic heterocycles. The van der Waals surface area contributed by atoms with Gasteiger partial charge in [0.2, 0.25) is 5.91 Å². The Bertz CT molecular complexity index is 778. The summed E-state index contributed by atoms with van der Waals surface area (Å²) < 4.78 is 19.2. The van der Waals surface area contributed by atoms with E-state index in [-0.39, 0.29) is 11.6 Å². The zero-order chi connectivity index (χ0) is 19.2. The van der Waals surface area contributed by atoms with Crippen molar-refractivity contribution in [2.75, 3.05) is 43.6 Å². The van der Waals surface area contributed by atoms with Crippen LogP contribution in [0.2, 0.25) is 0 Å². The summed E-state index contributed by atoms with van der Waals surface area (Å²) in [6.45, 7) is 5.64. The third kappa shape index (κ3) is 4.84. The smallest absolute Gasteiger partial charge is 0.241 e. The van der Waals surface area contributed by atoms with Crippen LogP contribution in [0.1, 0.15) is 12.5 Å². The van der Waals surface area contributed by atoms with E-state index in [9.17, 15) is 9.18 Å². The molecule has 0 spiro atoms. The van der Waals surface area contributed by atoms with Gasteiger partial charge < -0.3 is 15.0 Å². The van der Waals surface area contributed by atoms with Crippen molar-refractivity contribution < 1.29 is 13.9 Å². The number of hydrogen-bond donors (Lipinski definition) is 1. The fourth-order valence-electron chi connectivity index (χ4n) is 3.16. The second-order valence-electron chi connectivity index (χ2n) is 6.79. The highest BCUT2D eigenvalue weighted by Crippen LogP contribution is 2.23. The van der Waals surface area contributed by atoms with Gasteiger partial charge in [-0.05, 0) is 37.7 Å². The van der Waals surface area contributed by atoms with Crippen LogP contribution in [0.3, 0.4) is 0 Å². The zero-order valence-corrected chi connectivity index (χ0v) is 15.8. The largest absolute Gasteiger partial charge is 0.378 e. The van der Waals surface area contributed by atoms with E-state index in [1.807, 2.05) is 31.0 Å². The molecule has 1 fully saturated rings. The van der Waals surface area contributed by atoms with Crippen LogP contribution in [0.5, 0.6) is 0 Å². The molecule has 1 aliphatic heterocycles. The molecule has 1 saturated heterocycles. The number of halogens is 1. The molecule has 0 unspecified atom stereocenters. The second-order valence-corrected chi connectivity index (χ2v) is 6.79. The topological polar surface area (TPSA) is 44.8 Å². The number of para-hydroxylation sites is 2. The highest BCUT2D eigenvalue weighted by Gasteiger charge is 2.21. The lowest BCUT2D eigenvalue weighted by Crippen LogP contribution is -2.40. The van der Waals surface area contributed by atoms with Crippen molar-refractivity contribution in [3.8, 4) is 0 Å². The van der Waals surface area contributed by atoms with Crippen molar-refractivity contribution in [3.63, 3.8) is 0 Å². The summed E-state index contributed by atoms with van der Waals surface area (Å²) >= 11 is 0. The summed E-state index contributed by atoms with van der Waals surface area (Å²) in [5.74, 6) is -0.662. The van der Waals surface area contributed by atoms with Gasteiger partial charge in [0, 0.05) is 25.3 Å². The molecule has 1 heterocycles. The number of anilines is 2. The molecule has 2 aromatic rings. The molecule has 0 radical (unpaired) electrons. The summed E-state index contributed by atoms with van der Waals surface area (Å²) in [5, 5.41) is 2.67. The van der Waals surface area contributed by atoms with E-state index < -0.39 is 11.9 Å². The van der Waals surface area contributed by atoms with Crippen molar-refractivity contribution in [3.05, 3.63) is 59.9 Å². The molecule has 5 nitrogen and oxygen atoms in total. The maximum absolute atomic E-state index is 13.8. The van der Waals surface area contributed by atoms with Crippen molar-refractivity contribution >= 4 is 17.3 Å². The van der Waals surface area contributed by atoms with E-state index in [0.717, 1.165) is 31.9 Å². The quantitative estimate of drug-likeness (QED) is 0.847. The van der Waals surface area contributed by atoms with Crippen molar-refractivity contribution in [2.45, 2.75) is 19.5 Å². The lowest BCUT2D eigenvalue weighted by molar-refractivity contribution is -0.120. The Kier molecular flexibility index (Phi) is 6.42. The van der Waals surface area contributed by atoms with E-state index in [1.165, 1.54) is 11.8 Å². The molecule has 6 heteroatoms. The normalized spacial score (nSPS) is 15.6. The monoisotopic (exact) mass is 371 g/mol. The summed E-state index contributed by atoms with van der Waals surface area (Å²) in [5.41, 5.74) is 2.54. The fraction of sp³-hybridized carbons (Fsp3) is 0.381. The van der Waals surface area contributed by atoms with Gasteiger partial charge in [-0.15, -0.1) is 0 Å². The molecule has 0 bridgehead atoms. The Morgan fingerprint density at radius 2 is 1.85 bits per heavy atom. The van der Waals surface area contributed by atoms with Gasteiger partial charge in [0.25, 0.3) is 0 Å². The minimum absolute atomic E-state index is 0.205. The van der Waals surface area contributed by atoms with E-state index in [0.29, 0.717) is 6.54 Å². The first-order valence-electron chi connectivity index (χ1n) is 9.22. The number of likely N-dealkylation sites (N-methyl/N-ethyl adjacent to an activating group) is 1. The number of nitrogens with zero attached hydrogens (tertiary/aromatic N) is 2. The van der Waals surface area contributed by atoms with Gasteiger partial charge in [0.05, 0.1) is 24.9 Å². The van der Waals surface area contributed by atoms with Crippen LogP contribution >= 0.6 is 0 Å². The lowest BCUT2D eigenvalue weighted by atomic mass is 10.1. The summed E-state index contributed by atoms with van der Waals surface area (Å²) in [7, 11) is 1.90. The molecule has 1 amide bonds. The molecular formula is C21H26FN3O2. The molecule has 144 valence electrons. The van der Waals surface area contributed by atoms with Crippen molar-refractivity contribution in [1.29, 1.82) is 0 Å². The van der Waals surface area contributed by atoms with Crippen LogP contribution in [0.15, 0.2) is 48.5 Å². The number of carbonyl (C=O) groups is 1. The minimum Gasteiger partial charge on any atom is -0.378 e. The highest BCUT2D eigenvalue weighted by atomic mass is 19.1. The standard InChI is InChI=1S/C21H26FN3O2/c1-16(21(26)23-19-9-5-4-8-18(19)22)24(2)15-17-7-3-6-10-20(17)25-11-13-27-14-12-25/h3-10,16H,11-15H2,1-2H3,(H,23,26)/t16-/m1/s1. The molecule has 3 rings (SSSR count). The van der Waals surface area contributed by atoms with Gasteiger partial charge in [0.15, 0.2) is 0 Å². The van der Waals surface area contributed by atoms with E-state index in [2.05, 4.69) is 22.3 Å². The van der Waals surface area contributed by atoms with E-state index in [1.54, 1.807) is 18.2 Å². The third-order valence-corrected chi connectivity index (χ3v) is 4.94. The van der Waals surface area contributed by atoms with Gasteiger partial charge in [-0.2, -0.15) is 0 Å². The van der Waals surface area contributed by atoms with Crippen LogP contribution in [0.25, 0.3) is 0 Å². The lowest BCUT2D eigenvalue weighted by Gasteiger charge is -2.32. The van der Waals surface area contributed by atoms with Crippen molar-refractivity contribution in [1.82, 2.24) is 4.90 Å². The zero-order valence-electron chi connectivity index (χ0n) is 15.8. The SMILES string of the molecule is C[C@H](C(=O)Nc1ccccc1F)N(C)Cc1ccccc1N1CCOCC1. The van der Waals surface area contributed by atoms with Crippen LogP contribution in [0, 0.1) is 5.82 Å². The molecular weight excluding hydrogens is 345 g/mol. The highest BCUT2D eigenvalue weighted by molar-refractivity contribution is 5.94. The van der Waals surface area contributed by atoms with Gasteiger partial charge in [0.1, 0.15) is 5.82 Å². The maximum Gasteiger partial charge on any atom is 0.241 e. The Hall–Kier alpha value is -2.44. The Morgan fingerprint density at radius 1 is 1.19 bits per heavy atom. The van der Waals surface area contributed by atoms with Gasteiger partial charge in [-0.3, -0.25) is 9.69 Å². The third-order valence-electron chi connectivity index (χ3n) is 4.94. The van der Waals surface area contributed by atoms with Crippen LogP contribution in [0.4, 0.5) is 15.8 Å². The van der Waals surface area contributed by atoms with Gasteiger partial charge in [-0.25, -0.2) is 4.39 Å². The average Bonchev–Trinajstić information content (AvgIpc) is 2.70. The first-order chi connectivity index (χ1) is 13.1. The molecule has 2 aromatic carbocycles. The molecule has 0 aliphatic carbocycles. The maximum atomic E-state index is 13.8. The minimum atomic E-state index is -0.432. The number of morpholine rings is 1. The van der Waals surface area contributed by atoms with Gasteiger partial charge >= 0.3 is 0 Å². The van der Waals surface area contributed by atoms with Crippen LogP contribution in [-0.4, -0.2) is 50.2 Å². The summed E-state index contributed by atoms with van der Waals surface area (Å²) in [6.07, 6.45) is 0. The molecule has 1 N–H and O–H groups in total. The molecule has 27 heavy (non-hydrogen) atoms.